The molecule has 0 radical (unpaired) electrons. The molecule has 0 saturated carbocycles. The van der Waals surface area contributed by atoms with Crippen LogP contribution in [-0.2, 0) is 17.8 Å². The summed E-state index contributed by atoms with van der Waals surface area (Å²) >= 11 is 0. The predicted octanol–water partition coefficient (Wildman–Crippen LogP) is 3.90. The Bertz CT molecular complexity index is 1070. The van der Waals surface area contributed by atoms with Gasteiger partial charge >= 0.3 is 0 Å². The lowest BCUT2D eigenvalue weighted by Gasteiger charge is -2.44. The molecular formula is C25H33N5O3. The first-order chi connectivity index (χ1) is 15.6. The maximum Gasteiger partial charge on any atom is 0.276 e. The highest BCUT2D eigenvalue weighted by molar-refractivity contribution is 5.92. The number of piperazine rings is 1. The average Bonchev–Trinajstić information content (AvgIpc) is 3.31. The Balaban J connectivity index is 1.73. The highest BCUT2D eigenvalue weighted by Gasteiger charge is 2.37. The molecule has 2 aromatic rings. The largest absolute Gasteiger partial charge is 0.451 e. The minimum absolute atomic E-state index is 0.0328. The van der Waals surface area contributed by atoms with Crippen LogP contribution in [0.2, 0.25) is 0 Å². The zero-order valence-corrected chi connectivity index (χ0v) is 20.4. The monoisotopic (exact) mass is 451 g/mol. The molecule has 0 aliphatic carbocycles. The van der Waals surface area contributed by atoms with Crippen LogP contribution in [0.25, 0.3) is 0 Å². The van der Waals surface area contributed by atoms with Gasteiger partial charge in [-0.15, -0.1) is 0 Å². The number of nitrogens with zero attached hydrogens (tertiary/aromatic N) is 5. The minimum Gasteiger partial charge on any atom is -0.451 e. The van der Waals surface area contributed by atoms with Crippen LogP contribution in [0, 0.1) is 17.2 Å². The Morgan fingerprint density at radius 1 is 1.24 bits per heavy atom. The third kappa shape index (κ3) is 4.34. The van der Waals surface area contributed by atoms with Gasteiger partial charge in [-0.3, -0.25) is 4.79 Å². The number of amides is 1. The van der Waals surface area contributed by atoms with Crippen molar-refractivity contribution in [3.05, 3.63) is 40.7 Å². The van der Waals surface area contributed by atoms with Gasteiger partial charge in [0.05, 0.1) is 29.5 Å². The Kier molecular flexibility index (Phi) is 6.19. The second kappa shape index (κ2) is 8.79. The van der Waals surface area contributed by atoms with Crippen LogP contribution in [0.5, 0.6) is 0 Å². The number of rotatable bonds is 4. The van der Waals surface area contributed by atoms with Gasteiger partial charge in [-0.25, -0.2) is 9.97 Å². The van der Waals surface area contributed by atoms with Gasteiger partial charge in [0, 0.05) is 31.6 Å². The molecule has 1 saturated heterocycles. The van der Waals surface area contributed by atoms with Crippen LogP contribution in [0.3, 0.4) is 0 Å². The normalized spacial score (nSPS) is 20.2. The minimum atomic E-state index is -0.325. The van der Waals surface area contributed by atoms with E-state index in [1.54, 1.807) is 0 Å². The van der Waals surface area contributed by atoms with Crippen molar-refractivity contribution in [2.45, 2.75) is 72.1 Å². The van der Waals surface area contributed by atoms with Gasteiger partial charge in [-0.1, -0.05) is 27.7 Å². The molecule has 4 rings (SSSR count). The van der Waals surface area contributed by atoms with E-state index >= 15 is 0 Å². The van der Waals surface area contributed by atoms with E-state index in [1.807, 2.05) is 4.90 Å². The van der Waals surface area contributed by atoms with Crippen LogP contribution in [0.1, 0.15) is 80.3 Å². The number of nitriles is 1. The van der Waals surface area contributed by atoms with E-state index in [1.165, 1.54) is 12.7 Å². The molecule has 176 valence electrons. The molecule has 8 heteroatoms. The van der Waals surface area contributed by atoms with Gasteiger partial charge in [0.1, 0.15) is 18.2 Å². The molecule has 0 N–H and O–H groups in total. The number of hydrogen-bond donors (Lipinski definition) is 0. The summed E-state index contributed by atoms with van der Waals surface area (Å²) in [5.41, 5.74) is 3.76. The van der Waals surface area contributed by atoms with Gasteiger partial charge < -0.3 is 19.0 Å². The lowest BCUT2D eigenvalue weighted by atomic mass is 9.86. The molecule has 8 nitrogen and oxygen atoms in total. The molecule has 1 fully saturated rings. The van der Waals surface area contributed by atoms with E-state index in [0.717, 1.165) is 22.6 Å². The fourth-order valence-corrected chi connectivity index (χ4v) is 4.89. The van der Waals surface area contributed by atoms with E-state index in [-0.39, 0.29) is 29.4 Å². The van der Waals surface area contributed by atoms with Crippen molar-refractivity contribution in [3.63, 3.8) is 0 Å². The van der Waals surface area contributed by atoms with Crippen LogP contribution in [0.15, 0.2) is 17.1 Å². The molecule has 2 aliphatic heterocycles. The molecule has 0 spiro atoms. The van der Waals surface area contributed by atoms with Crippen LogP contribution < -0.4 is 4.90 Å². The lowest BCUT2D eigenvalue weighted by Crippen LogP contribution is -2.57. The number of hydrogen-bond acceptors (Lipinski definition) is 7. The molecule has 1 unspecified atom stereocenters. The molecule has 1 amide bonds. The van der Waals surface area contributed by atoms with E-state index in [4.69, 9.17) is 14.1 Å². The summed E-state index contributed by atoms with van der Waals surface area (Å²) in [6, 6.07) is 2.43. The van der Waals surface area contributed by atoms with Crippen molar-refractivity contribution in [2.24, 2.45) is 5.92 Å². The van der Waals surface area contributed by atoms with Gasteiger partial charge in [-0.2, -0.15) is 5.26 Å². The maximum absolute atomic E-state index is 13.1. The van der Waals surface area contributed by atoms with Crippen LogP contribution in [-0.4, -0.2) is 52.1 Å². The molecule has 2 aromatic heterocycles. The smallest absolute Gasteiger partial charge is 0.276 e. The summed E-state index contributed by atoms with van der Waals surface area (Å²) in [7, 11) is 0. The van der Waals surface area contributed by atoms with E-state index in [0.29, 0.717) is 43.9 Å². The zero-order valence-electron chi connectivity index (χ0n) is 20.4. The molecule has 2 aliphatic rings. The number of oxazole rings is 1. The van der Waals surface area contributed by atoms with Crippen molar-refractivity contribution in [3.8, 4) is 6.07 Å². The van der Waals surface area contributed by atoms with E-state index in [9.17, 15) is 10.1 Å². The number of carbonyl (C=O) groups is 1. The number of anilines is 1. The number of carbonyl (C=O) groups excluding carboxylic acids is 1. The summed E-state index contributed by atoms with van der Waals surface area (Å²) in [6.45, 7) is 14.8. The summed E-state index contributed by atoms with van der Waals surface area (Å²) in [6.07, 6.45) is 3.35. The Morgan fingerprint density at radius 3 is 2.61 bits per heavy atom. The molecular weight excluding hydrogens is 418 g/mol. The van der Waals surface area contributed by atoms with Crippen LogP contribution in [0.4, 0.5) is 5.82 Å². The first-order valence-electron chi connectivity index (χ1n) is 11.7. The lowest BCUT2D eigenvalue weighted by molar-refractivity contribution is -0.0408. The topological polar surface area (TPSA) is 95.5 Å². The third-order valence-corrected chi connectivity index (χ3v) is 6.69. The SMILES string of the molecule is CC(C)c1nc(N2CCN(C(=O)c3cocn3)C(C(C)C)C2)c(C#N)c2c1COC(C)(C)C2. The predicted molar refractivity (Wildman–Crippen MR) is 124 cm³/mol. The standard InChI is InChI=1S/C25H33N5O3/c1-15(2)21-11-29(7-8-30(21)24(31)20-13-32-14-27-20)23-18(10-26)17-9-25(5,6)33-12-19(17)22(28-23)16(3)4/h13-16,21H,7-9,11-12H2,1-6H3. The summed E-state index contributed by atoms with van der Waals surface area (Å²) in [5, 5.41) is 10.2. The van der Waals surface area contributed by atoms with Crippen molar-refractivity contribution in [1.82, 2.24) is 14.9 Å². The average molecular weight is 452 g/mol. The Labute approximate surface area is 195 Å². The Morgan fingerprint density at radius 2 is 2.00 bits per heavy atom. The van der Waals surface area contributed by atoms with Gasteiger partial charge in [-0.05, 0) is 31.2 Å². The van der Waals surface area contributed by atoms with Crippen molar-refractivity contribution < 1.29 is 13.9 Å². The summed E-state index contributed by atoms with van der Waals surface area (Å²) < 4.78 is 11.1. The van der Waals surface area contributed by atoms with Gasteiger partial charge in [0.2, 0.25) is 0 Å². The van der Waals surface area contributed by atoms with Gasteiger partial charge in [0.15, 0.2) is 12.1 Å². The fraction of sp³-hybridized carbons (Fsp3) is 0.600. The highest BCUT2D eigenvalue weighted by Crippen LogP contribution is 2.38. The summed E-state index contributed by atoms with van der Waals surface area (Å²) in [4.78, 5) is 26.2. The van der Waals surface area contributed by atoms with E-state index < -0.39 is 0 Å². The second-order valence-corrected chi connectivity index (χ2v) is 10.3. The highest BCUT2D eigenvalue weighted by atomic mass is 16.5. The van der Waals surface area contributed by atoms with E-state index in [2.05, 4.69) is 57.5 Å². The number of aromatic nitrogens is 2. The second-order valence-electron chi connectivity index (χ2n) is 10.3. The van der Waals surface area contributed by atoms with Crippen LogP contribution >= 0.6 is 0 Å². The van der Waals surface area contributed by atoms with Crippen molar-refractivity contribution in [1.29, 1.82) is 5.26 Å². The molecule has 0 aromatic carbocycles. The first kappa shape index (κ1) is 23.2. The van der Waals surface area contributed by atoms with Crippen molar-refractivity contribution >= 4 is 11.7 Å². The first-order valence-corrected chi connectivity index (χ1v) is 11.7. The molecule has 0 bridgehead atoms. The number of ether oxygens (including phenoxy) is 1. The quantitative estimate of drug-likeness (QED) is 0.695. The third-order valence-electron chi connectivity index (χ3n) is 6.69. The molecule has 1 atom stereocenters. The molecule has 4 heterocycles. The number of fused-ring (bicyclic) bond motifs is 1. The molecule has 33 heavy (non-hydrogen) atoms. The number of pyridine rings is 1. The summed E-state index contributed by atoms with van der Waals surface area (Å²) in [5.74, 6) is 1.05. The Hall–Kier alpha value is -2.92. The van der Waals surface area contributed by atoms with Gasteiger partial charge in [0.25, 0.3) is 5.91 Å². The zero-order chi connectivity index (χ0) is 23.9. The van der Waals surface area contributed by atoms with Crippen molar-refractivity contribution in [2.75, 3.05) is 24.5 Å². The fourth-order valence-electron chi connectivity index (χ4n) is 4.89. The maximum atomic E-state index is 13.1.